The van der Waals surface area contributed by atoms with Crippen LogP contribution in [-0.2, 0) is 11.8 Å². The molecule has 1 fully saturated rings. The molecular formula is C17H23N5O3S. The fourth-order valence-corrected chi connectivity index (χ4v) is 3.39. The Balaban J connectivity index is 1.59. The third-order valence-corrected chi connectivity index (χ3v) is 4.79. The maximum atomic E-state index is 12.7. The quantitative estimate of drug-likeness (QED) is 0.802. The van der Waals surface area contributed by atoms with Gasteiger partial charge in [0, 0.05) is 50.4 Å². The Labute approximate surface area is 156 Å². The molecule has 2 aromatic rings. The molecule has 26 heavy (non-hydrogen) atoms. The molecule has 0 unspecified atom stereocenters. The summed E-state index contributed by atoms with van der Waals surface area (Å²) in [5.41, 5.74) is 0.804. The molecule has 0 atom stereocenters. The zero-order chi connectivity index (χ0) is 18.9. The molecule has 140 valence electrons. The first kappa shape index (κ1) is 18.4. The van der Waals surface area contributed by atoms with E-state index in [2.05, 4.69) is 10.1 Å². The minimum atomic E-state index is -0.521. The van der Waals surface area contributed by atoms with Crippen molar-refractivity contribution in [1.29, 1.82) is 0 Å². The van der Waals surface area contributed by atoms with E-state index in [4.69, 9.17) is 4.74 Å². The number of aryl methyl sites for hydroxylation is 1. The lowest BCUT2D eigenvalue weighted by Gasteiger charge is -2.35. The van der Waals surface area contributed by atoms with E-state index in [1.54, 1.807) is 26.1 Å². The van der Waals surface area contributed by atoms with E-state index in [0.717, 1.165) is 10.6 Å². The number of ether oxygens (including phenoxy) is 1. The van der Waals surface area contributed by atoms with E-state index in [-0.39, 0.29) is 12.0 Å². The fourth-order valence-electron chi connectivity index (χ4n) is 2.62. The van der Waals surface area contributed by atoms with Crippen LogP contribution in [0.3, 0.4) is 0 Å². The number of aromatic nitrogens is 3. The first-order chi connectivity index (χ1) is 12.2. The average Bonchev–Trinajstić information content (AvgIpc) is 3.21. The summed E-state index contributed by atoms with van der Waals surface area (Å²) in [5, 5.41) is 6.67. The molecule has 3 rings (SSSR count). The number of piperazine rings is 1. The van der Waals surface area contributed by atoms with Gasteiger partial charge in [-0.15, -0.1) is 11.3 Å². The van der Waals surface area contributed by atoms with E-state index in [9.17, 15) is 9.59 Å². The van der Waals surface area contributed by atoms with Crippen LogP contribution in [0.4, 0.5) is 4.79 Å². The maximum Gasteiger partial charge on any atom is 0.410 e. The molecule has 0 spiro atoms. The Hall–Kier alpha value is -2.42. The molecule has 1 aliphatic rings. The Morgan fingerprint density at radius 2 is 1.81 bits per heavy atom. The Morgan fingerprint density at radius 1 is 1.15 bits per heavy atom. The first-order valence-electron chi connectivity index (χ1n) is 8.45. The predicted molar refractivity (Wildman–Crippen MR) is 98.0 cm³/mol. The number of hydrogen-bond donors (Lipinski definition) is 0. The molecular weight excluding hydrogens is 354 g/mol. The molecule has 1 aliphatic heterocycles. The van der Waals surface area contributed by atoms with Crippen LogP contribution in [0.25, 0.3) is 10.6 Å². The van der Waals surface area contributed by atoms with Gasteiger partial charge in [-0.05, 0) is 20.8 Å². The molecule has 2 aromatic heterocycles. The van der Waals surface area contributed by atoms with Crippen molar-refractivity contribution >= 4 is 23.3 Å². The molecule has 2 amide bonds. The van der Waals surface area contributed by atoms with Crippen LogP contribution in [0.2, 0.25) is 0 Å². The molecule has 0 bridgehead atoms. The van der Waals surface area contributed by atoms with E-state index in [1.807, 2.05) is 34.0 Å². The van der Waals surface area contributed by atoms with E-state index >= 15 is 0 Å². The SMILES string of the molecule is Cn1cc(-c2nc(C(=O)N3CCN(C(=O)OC(C)(C)C)CC3)cs2)cn1. The zero-order valence-corrected chi connectivity index (χ0v) is 16.2. The number of nitrogens with zero attached hydrogens (tertiary/aromatic N) is 5. The maximum absolute atomic E-state index is 12.7. The Morgan fingerprint density at radius 3 is 2.38 bits per heavy atom. The minimum Gasteiger partial charge on any atom is -0.444 e. The smallest absolute Gasteiger partial charge is 0.410 e. The van der Waals surface area contributed by atoms with Crippen molar-refractivity contribution < 1.29 is 14.3 Å². The molecule has 0 saturated carbocycles. The van der Waals surface area contributed by atoms with Gasteiger partial charge in [-0.2, -0.15) is 5.10 Å². The molecule has 0 N–H and O–H groups in total. The van der Waals surface area contributed by atoms with Gasteiger partial charge in [0.05, 0.1) is 6.20 Å². The van der Waals surface area contributed by atoms with Crippen molar-refractivity contribution in [2.75, 3.05) is 26.2 Å². The van der Waals surface area contributed by atoms with Crippen molar-refractivity contribution in [3.8, 4) is 10.6 Å². The second kappa shape index (κ2) is 7.06. The van der Waals surface area contributed by atoms with Crippen molar-refractivity contribution in [2.24, 2.45) is 7.05 Å². The highest BCUT2D eigenvalue weighted by molar-refractivity contribution is 7.13. The average molecular weight is 377 g/mol. The van der Waals surface area contributed by atoms with Crippen LogP contribution in [0.1, 0.15) is 31.3 Å². The third kappa shape index (κ3) is 4.21. The lowest BCUT2D eigenvalue weighted by atomic mass is 10.2. The monoisotopic (exact) mass is 377 g/mol. The van der Waals surface area contributed by atoms with E-state index < -0.39 is 5.60 Å². The highest BCUT2D eigenvalue weighted by atomic mass is 32.1. The first-order valence-corrected chi connectivity index (χ1v) is 9.32. The van der Waals surface area contributed by atoms with E-state index in [1.165, 1.54) is 11.3 Å². The fraction of sp³-hybridized carbons (Fsp3) is 0.529. The van der Waals surface area contributed by atoms with Gasteiger partial charge in [-0.25, -0.2) is 9.78 Å². The van der Waals surface area contributed by atoms with Gasteiger partial charge < -0.3 is 14.5 Å². The molecule has 9 heteroatoms. The number of carbonyl (C=O) groups excluding carboxylic acids is 2. The third-order valence-electron chi connectivity index (χ3n) is 3.89. The highest BCUT2D eigenvalue weighted by Crippen LogP contribution is 2.24. The van der Waals surface area contributed by atoms with Crippen LogP contribution >= 0.6 is 11.3 Å². The van der Waals surface area contributed by atoms with Gasteiger partial charge in [-0.1, -0.05) is 0 Å². The van der Waals surface area contributed by atoms with Crippen LogP contribution in [0.15, 0.2) is 17.8 Å². The summed E-state index contributed by atoms with van der Waals surface area (Å²) in [4.78, 5) is 32.6. The molecule has 1 saturated heterocycles. The number of hydrogen-bond acceptors (Lipinski definition) is 6. The lowest BCUT2D eigenvalue weighted by molar-refractivity contribution is 0.0140. The van der Waals surface area contributed by atoms with Gasteiger partial charge >= 0.3 is 6.09 Å². The molecule has 0 aromatic carbocycles. The predicted octanol–water partition coefficient (Wildman–Crippen LogP) is 2.24. The number of amides is 2. The molecule has 0 aliphatic carbocycles. The Kier molecular flexibility index (Phi) is 4.99. The van der Waals surface area contributed by atoms with Gasteiger partial charge in [0.25, 0.3) is 5.91 Å². The number of rotatable bonds is 2. The van der Waals surface area contributed by atoms with Gasteiger partial charge in [0.2, 0.25) is 0 Å². The summed E-state index contributed by atoms with van der Waals surface area (Å²) in [7, 11) is 1.84. The van der Waals surface area contributed by atoms with Crippen molar-refractivity contribution in [3.63, 3.8) is 0 Å². The van der Waals surface area contributed by atoms with Crippen LogP contribution in [-0.4, -0.2) is 68.3 Å². The zero-order valence-electron chi connectivity index (χ0n) is 15.4. The topological polar surface area (TPSA) is 80.6 Å². The molecule has 8 nitrogen and oxygen atoms in total. The lowest BCUT2D eigenvalue weighted by Crippen LogP contribution is -2.51. The van der Waals surface area contributed by atoms with Crippen LogP contribution in [0.5, 0.6) is 0 Å². The molecule has 3 heterocycles. The summed E-state index contributed by atoms with van der Waals surface area (Å²) >= 11 is 1.42. The highest BCUT2D eigenvalue weighted by Gasteiger charge is 2.29. The van der Waals surface area contributed by atoms with Crippen molar-refractivity contribution in [2.45, 2.75) is 26.4 Å². The second-order valence-corrected chi connectivity index (χ2v) is 8.06. The largest absolute Gasteiger partial charge is 0.444 e. The van der Waals surface area contributed by atoms with Gasteiger partial charge in [0.15, 0.2) is 0 Å². The van der Waals surface area contributed by atoms with E-state index in [0.29, 0.717) is 31.9 Å². The van der Waals surface area contributed by atoms with Gasteiger partial charge in [0.1, 0.15) is 16.3 Å². The summed E-state index contributed by atoms with van der Waals surface area (Å²) in [6, 6.07) is 0. The summed E-state index contributed by atoms with van der Waals surface area (Å²) < 4.78 is 7.08. The van der Waals surface area contributed by atoms with Crippen LogP contribution < -0.4 is 0 Å². The minimum absolute atomic E-state index is 0.111. The summed E-state index contributed by atoms with van der Waals surface area (Å²) in [6.45, 7) is 7.38. The number of thiazole rings is 1. The normalized spacial score (nSPS) is 15.2. The van der Waals surface area contributed by atoms with Crippen molar-refractivity contribution in [3.05, 3.63) is 23.5 Å². The second-order valence-electron chi connectivity index (χ2n) is 7.20. The molecule has 0 radical (unpaired) electrons. The van der Waals surface area contributed by atoms with Crippen molar-refractivity contribution in [1.82, 2.24) is 24.6 Å². The number of carbonyl (C=O) groups is 2. The standard InChI is InChI=1S/C17H23N5O3S/c1-17(2,3)25-16(24)22-7-5-21(6-8-22)15(23)13-11-26-14(19-13)12-9-18-20(4)10-12/h9-11H,5-8H2,1-4H3. The Bertz CT molecular complexity index is 799. The summed E-state index contributed by atoms with van der Waals surface area (Å²) in [5.74, 6) is -0.111. The summed E-state index contributed by atoms with van der Waals surface area (Å²) in [6.07, 6.45) is 3.26. The van der Waals surface area contributed by atoms with Gasteiger partial charge in [-0.3, -0.25) is 9.48 Å². The van der Waals surface area contributed by atoms with Crippen LogP contribution in [0, 0.1) is 0 Å².